The van der Waals surface area contributed by atoms with Crippen molar-refractivity contribution in [2.24, 2.45) is 5.92 Å². The molecule has 2 rings (SSSR count). The van der Waals surface area contributed by atoms with Gasteiger partial charge >= 0.3 is 0 Å². The highest BCUT2D eigenvalue weighted by molar-refractivity contribution is 4.73. The molecule has 0 aromatic heterocycles. The number of nitrogens with one attached hydrogen (secondary N) is 1. The maximum atomic E-state index is 5.61. The first-order chi connectivity index (χ1) is 9.24. The van der Waals surface area contributed by atoms with Crippen LogP contribution in [0, 0.1) is 5.92 Å². The van der Waals surface area contributed by atoms with Gasteiger partial charge in [-0.2, -0.15) is 0 Å². The van der Waals surface area contributed by atoms with Crippen LogP contribution in [-0.2, 0) is 4.74 Å². The van der Waals surface area contributed by atoms with E-state index in [9.17, 15) is 0 Å². The predicted molar refractivity (Wildman–Crippen MR) is 79.6 cm³/mol. The molecule has 19 heavy (non-hydrogen) atoms. The number of likely N-dealkylation sites (tertiary alicyclic amines) is 1. The quantitative estimate of drug-likeness (QED) is 0.699. The lowest BCUT2D eigenvalue weighted by Crippen LogP contribution is -2.38. The lowest BCUT2D eigenvalue weighted by Gasteiger charge is -2.31. The fourth-order valence-electron chi connectivity index (χ4n) is 3.11. The predicted octanol–water partition coefficient (Wildman–Crippen LogP) is 1.03. The van der Waals surface area contributed by atoms with Crippen LogP contribution >= 0.6 is 0 Å². The van der Waals surface area contributed by atoms with Crippen LogP contribution in [0.4, 0.5) is 0 Å². The molecule has 4 heteroatoms. The normalized spacial score (nSPS) is 26.4. The van der Waals surface area contributed by atoms with Crippen molar-refractivity contribution in [1.82, 2.24) is 15.1 Å². The molecule has 0 amide bonds. The van der Waals surface area contributed by atoms with Crippen LogP contribution in [0.5, 0.6) is 0 Å². The molecular formula is C15H31N3O. The molecule has 1 atom stereocenters. The molecule has 2 heterocycles. The van der Waals surface area contributed by atoms with E-state index in [2.05, 4.69) is 29.2 Å². The summed E-state index contributed by atoms with van der Waals surface area (Å²) in [5, 5.41) is 3.53. The van der Waals surface area contributed by atoms with Gasteiger partial charge in [0.2, 0.25) is 0 Å². The molecule has 2 fully saturated rings. The Balaban J connectivity index is 1.48. The van der Waals surface area contributed by atoms with Crippen molar-refractivity contribution in [2.75, 3.05) is 60.0 Å². The minimum atomic E-state index is 0.471. The monoisotopic (exact) mass is 269 g/mol. The van der Waals surface area contributed by atoms with Crippen LogP contribution in [0.2, 0.25) is 0 Å². The largest absolute Gasteiger partial charge is 0.377 e. The van der Waals surface area contributed by atoms with Crippen molar-refractivity contribution in [3.8, 4) is 0 Å². The van der Waals surface area contributed by atoms with Gasteiger partial charge in [0.05, 0.1) is 6.10 Å². The fourth-order valence-corrected chi connectivity index (χ4v) is 3.11. The SMILES string of the molecule is CN1CCC(CN(C)CCNCC2CCCO2)CC1. The second-order valence-electron chi connectivity index (χ2n) is 6.35. The van der Waals surface area contributed by atoms with Crippen LogP contribution in [0.3, 0.4) is 0 Å². The van der Waals surface area contributed by atoms with E-state index in [1.54, 1.807) is 0 Å². The molecule has 4 nitrogen and oxygen atoms in total. The first kappa shape index (κ1) is 15.2. The highest BCUT2D eigenvalue weighted by Gasteiger charge is 2.18. The molecule has 112 valence electrons. The van der Waals surface area contributed by atoms with Crippen molar-refractivity contribution in [1.29, 1.82) is 0 Å². The van der Waals surface area contributed by atoms with E-state index in [4.69, 9.17) is 4.74 Å². The van der Waals surface area contributed by atoms with Crippen LogP contribution < -0.4 is 5.32 Å². The molecule has 0 aromatic carbocycles. The molecule has 0 aromatic rings. The first-order valence-electron chi connectivity index (χ1n) is 7.93. The third kappa shape index (κ3) is 5.78. The fraction of sp³-hybridized carbons (Fsp3) is 1.00. The van der Waals surface area contributed by atoms with Gasteiger partial charge in [0.25, 0.3) is 0 Å². The average Bonchev–Trinajstić information content (AvgIpc) is 2.91. The summed E-state index contributed by atoms with van der Waals surface area (Å²) in [7, 11) is 4.49. The summed E-state index contributed by atoms with van der Waals surface area (Å²) in [4.78, 5) is 4.93. The number of hydrogen-bond acceptors (Lipinski definition) is 4. The Morgan fingerprint density at radius 3 is 2.74 bits per heavy atom. The number of ether oxygens (including phenoxy) is 1. The second-order valence-corrected chi connectivity index (χ2v) is 6.35. The van der Waals surface area contributed by atoms with Gasteiger partial charge < -0.3 is 19.9 Å². The summed E-state index contributed by atoms with van der Waals surface area (Å²) in [6.07, 6.45) is 5.68. The van der Waals surface area contributed by atoms with Crippen molar-refractivity contribution in [3.63, 3.8) is 0 Å². The minimum Gasteiger partial charge on any atom is -0.377 e. The summed E-state index contributed by atoms with van der Waals surface area (Å²) in [5.74, 6) is 0.902. The summed E-state index contributed by atoms with van der Waals surface area (Å²) >= 11 is 0. The van der Waals surface area contributed by atoms with E-state index in [1.807, 2.05) is 0 Å². The van der Waals surface area contributed by atoms with Crippen molar-refractivity contribution >= 4 is 0 Å². The maximum absolute atomic E-state index is 5.61. The van der Waals surface area contributed by atoms with Crippen LogP contribution in [0.1, 0.15) is 25.7 Å². The van der Waals surface area contributed by atoms with E-state index >= 15 is 0 Å². The van der Waals surface area contributed by atoms with Gasteiger partial charge in [-0.15, -0.1) is 0 Å². The van der Waals surface area contributed by atoms with Crippen molar-refractivity contribution < 1.29 is 4.74 Å². The molecule has 2 saturated heterocycles. The highest BCUT2D eigenvalue weighted by Crippen LogP contribution is 2.16. The van der Waals surface area contributed by atoms with Crippen LogP contribution in [-0.4, -0.2) is 75.9 Å². The van der Waals surface area contributed by atoms with E-state index < -0.39 is 0 Å². The number of piperidine rings is 1. The number of hydrogen-bond donors (Lipinski definition) is 1. The third-order valence-electron chi connectivity index (χ3n) is 4.47. The summed E-state index contributed by atoms with van der Waals surface area (Å²) in [6, 6.07) is 0. The van der Waals surface area contributed by atoms with E-state index in [0.29, 0.717) is 6.10 Å². The van der Waals surface area contributed by atoms with Crippen LogP contribution in [0.25, 0.3) is 0 Å². The van der Waals surface area contributed by atoms with E-state index in [1.165, 1.54) is 45.3 Å². The van der Waals surface area contributed by atoms with E-state index in [0.717, 1.165) is 32.2 Å². The Morgan fingerprint density at radius 1 is 1.26 bits per heavy atom. The molecular weight excluding hydrogens is 238 g/mol. The van der Waals surface area contributed by atoms with Gasteiger partial charge in [-0.1, -0.05) is 0 Å². The number of nitrogens with zero attached hydrogens (tertiary/aromatic N) is 2. The Morgan fingerprint density at radius 2 is 2.05 bits per heavy atom. The van der Waals surface area contributed by atoms with Crippen molar-refractivity contribution in [3.05, 3.63) is 0 Å². The molecule has 2 aliphatic heterocycles. The van der Waals surface area contributed by atoms with Gasteiger partial charge in [-0.25, -0.2) is 0 Å². The summed E-state index contributed by atoms with van der Waals surface area (Å²) < 4.78 is 5.61. The molecule has 0 spiro atoms. The Kier molecular flexibility index (Phi) is 6.57. The highest BCUT2D eigenvalue weighted by atomic mass is 16.5. The first-order valence-corrected chi connectivity index (χ1v) is 7.93. The van der Waals surface area contributed by atoms with Crippen LogP contribution in [0.15, 0.2) is 0 Å². The van der Waals surface area contributed by atoms with Gasteiger partial charge in [0, 0.05) is 32.8 Å². The molecule has 0 radical (unpaired) electrons. The molecule has 1 N–H and O–H groups in total. The molecule has 2 aliphatic rings. The van der Waals surface area contributed by atoms with Gasteiger partial charge in [-0.3, -0.25) is 0 Å². The zero-order chi connectivity index (χ0) is 13.5. The van der Waals surface area contributed by atoms with Gasteiger partial charge in [-0.05, 0) is 58.8 Å². The summed E-state index contributed by atoms with van der Waals surface area (Å²) in [5.41, 5.74) is 0. The Hall–Kier alpha value is -0.160. The topological polar surface area (TPSA) is 27.7 Å². The third-order valence-corrected chi connectivity index (χ3v) is 4.47. The number of likely N-dealkylation sites (N-methyl/N-ethyl adjacent to an activating group) is 1. The Bertz CT molecular complexity index is 236. The smallest absolute Gasteiger partial charge is 0.0700 e. The molecule has 0 aliphatic carbocycles. The lowest BCUT2D eigenvalue weighted by atomic mass is 9.97. The standard InChI is InChI=1S/C15H31N3O/c1-17-8-5-14(6-9-17)13-18(2)10-7-16-12-15-4-3-11-19-15/h14-16H,3-13H2,1-2H3. The maximum Gasteiger partial charge on any atom is 0.0700 e. The summed E-state index contributed by atoms with van der Waals surface area (Å²) in [6.45, 7) is 8.04. The molecule has 0 bridgehead atoms. The number of rotatable bonds is 7. The van der Waals surface area contributed by atoms with E-state index in [-0.39, 0.29) is 0 Å². The zero-order valence-electron chi connectivity index (χ0n) is 12.7. The lowest BCUT2D eigenvalue weighted by molar-refractivity contribution is 0.109. The second kappa shape index (κ2) is 8.20. The average molecular weight is 269 g/mol. The minimum absolute atomic E-state index is 0.471. The molecule has 0 saturated carbocycles. The van der Waals surface area contributed by atoms with Gasteiger partial charge in [0.1, 0.15) is 0 Å². The Labute approximate surface area is 118 Å². The van der Waals surface area contributed by atoms with Gasteiger partial charge in [0.15, 0.2) is 0 Å². The van der Waals surface area contributed by atoms with Crippen molar-refractivity contribution in [2.45, 2.75) is 31.8 Å². The molecule has 1 unspecified atom stereocenters. The zero-order valence-corrected chi connectivity index (χ0v) is 12.7.